The summed E-state index contributed by atoms with van der Waals surface area (Å²) in [6.07, 6.45) is 7.84. The van der Waals surface area contributed by atoms with Crippen LogP contribution in [0.15, 0.2) is 43.5 Å². The Balaban J connectivity index is 0.000000212. The molecule has 16 heavy (non-hydrogen) atoms. The predicted octanol–water partition coefficient (Wildman–Crippen LogP) is 1.83. The normalized spacial score (nSPS) is 8.75. The Kier molecular flexibility index (Phi) is 4.46. The topological polar surface area (TPSA) is 78.9 Å². The molecule has 0 spiro atoms. The summed E-state index contributed by atoms with van der Waals surface area (Å²) in [5.74, 6) is -0.956. The SMILES string of the molecule is C=Cc1cnccc1C(=O)O.c1cn[nH]c1. The van der Waals surface area contributed by atoms with E-state index in [1.165, 1.54) is 24.5 Å². The van der Waals surface area contributed by atoms with Gasteiger partial charge in [-0.05, 0) is 12.1 Å². The quantitative estimate of drug-likeness (QED) is 0.804. The fraction of sp³-hybridized carbons (Fsp3) is 0. The molecule has 2 aromatic rings. The van der Waals surface area contributed by atoms with Crippen LogP contribution in [0.4, 0.5) is 0 Å². The average molecular weight is 217 g/mol. The van der Waals surface area contributed by atoms with Crippen LogP contribution in [-0.4, -0.2) is 26.3 Å². The lowest BCUT2D eigenvalue weighted by Crippen LogP contribution is -1.99. The van der Waals surface area contributed by atoms with E-state index >= 15 is 0 Å². The molecule has 0 aliphatic rings. The molecule has 2 rings (SSSR count). The first-order chi connectivity index (χ1) is 7.75. The molecule has 82 valence electrons. The minimum atomic E-state index is -0.956. The van der Waals surface area contributed by atoms with Crippen molar-refractivity contribution in [2.24, 2.45) is 0 Å². The van der Waals surface area contributed by atoms with Gasteiger partial charge in [0, 0.05) is 30.4 Å². The monoisotopic (exact) mass is 217 g/mol. The van der Waals surface area contributed by atoms with E-state index in [1.54, 1.807) is 12.4 Å². The molecule has 2 aromatic heterocycles. The van der Waals surface area contributed by atoms with Gasteiger partial charge in [0.15, 0.2) is 0 Å². The highest BCUT2D eigenvalue weighted by molar-refractivity contribution is 5.91. The maximum atomic E-state index is 10.5. The second-order valence-electron chi connectivity index (χ2n) is 2.74. The molecular formula is C11H11N3O2. The molecule has 0 fully saturated rings. The van der Waals surface area contributed by atoms with Crippen molar-refractivity contribution < 1.29 is 9.90 Å². The number of hydrogen-bond acceptors (Lipinski definition) is 3. The smallest absolute Gasteiger partial charge is 0.336 e. The van der Waals surface area contributed by atoms with Crippen molar-refractivity contribution in [3.05, 3.63) is 54.6 Å². The van der Waals surface area contributed by atoms with E-state index in [-0.39, 0.29) is 5.56 Å². The molecular weight excluding hydrogens is 206 g/mol. The summed E-state index contributed by atoms with van der Waals surface area (Å²) < 4.78 is 0. The maximum Gasteiger partial charge on any atom is 0.336 e. The maximum absolute atomic E-state index is 10.5. The Bertz CT molecular complexity index is 435. The van der Waals surface area contributed by atoms with E-state index in [0.717, 1.165) is 0 Å². The summed E-state index contributed by atoms with van der Waals surface area (Å²) in [4.78, 5) is 14.3. The van der Waals surface area contributed by atoms with E-state index < -0.39 is 5.97 Å². The van der Waals surface area contributed by atoms with Crippen LogP contribution in [0.1, 0.15) is 15.9 Å². The lowest BCUT2D eigenvalue weighted by atomic mass is 10.1. The van der Waals surface area contributed by atoms with Gasteiger partial charge in [0.1, 0.15) is 0 Å². The van der Waals surface area contributed by atoms with Crippen molar-refractivity contribution >= 4 is 12.0 Å². The number of hydrogen-bond donors (Lipinski definition) is 2. The predicted molar refractivity (Wildman–Crippen MR) is 59.9 cm³/mol. The molecule has 2 N–H and O–H groups in total. The minimum absolute atomic E-state index is 0.231. The number of carbonyl (C=O) groups is 1. The lowest BCUT2D eigenvalue weighted by Gasteiger charge is -1.96. The van der Waals surface area contributed by atoms with Crippen molar-refractivity contribution in [1.82, 2.24) is 15.2 Å². The molecule has 0 bridgehead atoms. The molecule has 0 aliphatic heterocycles. The van der Waals surface area contributed by atoms with Gasteiger partial charge in [-0.15, -0.1) is 0 Å². The molecule has 0 atom stereocenters. The second kappa shape index (κ2) is 6.13. The van der Waals surface area contributed by atoms with Gasteiger partial charge in [0.25, 0.3) is 0 Å². The van der Waals surface area contributed by atoms with Crippen molar-refractivity contribution in [3.63, 3.8) is 0 Å². The molecule has 0 aliphatic carbocycles. The van der Waals surface area contributed by atoms with Crippen LogP contribution in [0.2, 0.25) is 0 Å². The van der Waals surface area contributed by atoms with Gasteiger partial charge in [-0.1, -0.05) is 12.7 Å². The zero-order chi connectivity index (χ0) is 11.8. The summed E-state index contributed by atoms with van der Waals surface area (Å²) in [5, 5.41) is 14.8. The summed E-state index contributed by atoms with van der Waals surface area (Å²) in [7, 11) is 0. The molecule has 0 saturated carbocycles. The summed E-state index contributed by atoms with van der Waals surface area (Å²) >= 11 is 0. The van der Waals surface area contributed by atoms with Gasteiger partial charge in [-0.25, -0.2) is 4.79 Å². The second-order valence-corrected chi connectivity index (χ2v) is 2.74. The number of carboxylic acids is 1. The van der Waals surface area contributed by atoms with Crippen molar-refractivity contribution in [3.8, 4) is 0 Å². The number of aromatic carboxylic acids is 1. The van der Waals surface area contributed by atoms with Crippen molar-refractivity contribution in [2.75, 3.05) is 0 Å². The van der Waals surface area contributed by atoms with Gasteiger partial charge >= 0.3 is 5.97 Å². The van der Waals surface area contributed by atoms with Gasteiger partial charge in [0.2, 0.25) is 0 Å². The third kappa shape index (κ3) is 3.38. The first-order valence-electron chi connectivity index (χ1n) is 4.49. The van der Waals surface area contributed by atoms with Crippen LogP contribution < -0.4 is 0 Å². The molecule has 0 amide bonds. The fourth-order valence-corrected chi connectivity index (χ4v) is 0.979. The third-order valence-electron chi connectivity index (χ3n) is 1.71. The summed E-state index contributed by atoms with van der Waals surface area (Å²) in [5.41, 5.74) is 0.773. The average Bonchev–Trinajstić information content (AvgIpc) is 2.87. The summed E-state index contributed by atoms with van der Waals surface area (Å²) in [6.45, 7) is 3.47. The summed E-state index contributed by atoms with van der Waals surface area (Å²) in [6, 6.07) is 3.28. The molecule has 0 unspecified atom stereocenters. The van der Waals surface area contributed by atoms with Crippen LogP contribution in [0.5, 0.6) is 0 Å². The highest BCUT2D eigenvalue weighted by Gasteiger charge is 2.05. The Morgan fingerprint density at radius 2 is 2.31 bits per heavy atom. The van der Waals surface area contributed by atoms with Crippen molar-refractivity contribution in [2.45, 2.75) is 0 Å². The van der Waals surface area contributed by atoms with E-state index in [4.69, 9.17) is 5.11 Å². The molecule has 0 radical (unpaired) electrons. The van der Waals surface area contributed by atoms with Gasteiger partial charge in [-0.2, -0.15) is 5.10 Å². The highest BCUT2D eigenvalue weighted by atomic mass is 16.4. The lowest BCUT2D eigenvalue weighted by molar-refractivity contribution is 0.0696. The number of pyridine rings is 1. The van der Waals surface area contributed by atoms with Gasteiger partial charge in [0.05, 0.1) is 5.56 Å². The third-order valence-corrected chi connectivity index (χ3v) is 1.71. The standard InChI is InChI=1S/C8H7NO2.C3H4N2/c1-2-6-5-9-4-3-7(6)8(10)11;1-2-4-5-3-1/h2-5H,1H2,(H,10,11);1-3H,(H,4,5). The Labute approximate surface area is 92.5 Å². The molecule has 5 heteroatoms. The number of nitrogens with one attached hydrogen (secondary N) is 1. The molecule has 0 aromatic carbocycles. The number of carboxylic acid groups (broad SMARTS) is 1. The fourth-order valence-electron chi connectivity index (χ4n) is 0.979. The number of aromatic amines is 1. The van der Waals surface area contributed by atoms with E-state index in [0.29, 0.717) is 5.56 Å². The van der Waals surface area contributed by atoms with Crippen LogP contribution in [0, 0.1) is 0 Å². The van der Waals surface area contributed by atoms with Crippen LogP contribution in [0.3, 0.4) is 0 Å². The number of H-pyrrole nitrogens is 1. The van der Waals surface area contributed by atoms with E-state index in [1.807, 2.05) is 6.07 Å². The first kappa shape index (κ1) is 11.6. The van der Waals surface area contributed by atoms with Gasteiger partial charge < -0.3 is 5.11 Å². The van der Waals surface area contributed by atoms with Crippen LogP contribution in [0.25, 0.3) is 6.08 Å². The molecule has 5 nitrogen and oxygen atoms in total. The highest BCUT2D eigenvalue weighted by Crippen LogP contribution is 2.07. The molecule has 0 saturated heterocycles. The number of nitrogens with zero attached hydrogens (tertiary/aromatic N) is 2. The zero-order valence-corrected chi connectivity index (χ0v) is 8.50. The minimum Gasteiger partial charge on any atom is -0.478 e. The Morgan fingerprint density at radius 3 is 2.69 bits per heavy atom. The van der Waals surface area contributed by atoms with E-state index in [9.17, 15) is 4.79 Å². The molecule has 2 heterocycles. The van der Waals surface area contributed by atoms with E-state index in [2.05, 4.69) is 21.8 Å². The van der Waals surface area contributed by atoms with Gasteiger partial charge in [-0.3, -0.25) is 10.1 Å². The Morgan fingerprint density at radius 1 is 1.50 bits per heavy atom. The number of rotatable bonds is 2. The number of aromatic nitrogens is 3. The van der Waals surface area contributed by atoms with Crippen molar-refractivity contribution in [1.29, 1.82) is 0 Å². The van der Waals surface area contributed by atoms with Crippen LogP contribution >= 0.6 is 0 Å². The largest absolute Gasteiger partial charge is 0.478 e. The Hall–Kier alpha value is -2.43. The zero-order valence-electron chi connectivity index (χ0n) is 8.50. The van der Waals surface area contributed by atoms with Crippen LogP contribution in [-0.2, 0) is 0 Å². The first-order valence-corrected chi connectivity index (χ1v) is 4.49.